The van der Waals surface area contributed by atoms with Crippen LogP contribution in [0.25, 0.3) is 0 Å². The molecular weight excluding hydrogens is 230 g/mol. The normalized spacial score (nSPS) is 8.81. The number of para-hydroxylation sites is 1. The molecule has 0 saturated heterocycles. The minimum absolute atomic E-state index is 0.174. The van der Waals surface area contributed by atoms with Crippen molar-refractivity contribution in [3.05, 3.63) is 40.4 Å². The van der Waals surface area contributed by atoms with Gasteiger partial charge in [-0.3, -0.25) is 0 Å². The minimum atomic E-state index is -0.813. The van der Waals surface area contributed by atoms with E-state index in [9.17, 15) is 0 Å². The maximum atomic E-state index is 8.99. The summed E-state index contributed by atoms with van der Waals surface area (Å²) in [5, 5.41) is 16.6. The fourth-order valence-electron chi connectivity index (χ4n) is 0.771. The molecule has 0 aromatic heterocycles. The molecular formula is C9H15NO5Si. The van der Waals surface area contributed by atoms with Crippen LogP contribution in [-0.2, 0) is 4.53 Å². The zero-order valence-corrected chi connectivity index (χ0v) is 11.0. The van der Waals surface area contributed by atoms with E-state index in [2.05, 4.69) is 4.53 Å². The Kier molecular flexibility index (Phi) is 8.94. The maximum absolute atomic E-state index is 8.99. The van der Waals surface area contributed by atoms with Crippen LogP contribution in [0.4, 0.5) is 0 Å². The second kappa shape index (κ2) is 9.93. The van der Waals surface area contributed by atoms with E-state index in [-0.39, 0.29) is 17.1 Å². The lowest BCUT2D eigenvalue weighted by Crippen LogP contribution is -1.98. The van der Waals surface area contributed by atoms with Crippen LogP contribution in [0.3, 0.4) is 0 Å². The van der Waals surface area contributed by atoms with Crippen molar-refractivity contribution in [2.75, 3.05) is 13.2 Å². The quantitative estimate of drug-likeness (QED) is 0.340. The van der Waals surface area contributed by atoms with Gasteiger partial charge in [-0.1, -0.05) is 18.2 Å². The number of ether oxygens (including phenoxy) is 1. The molecule has 0 saturated carbocycles. The van der Waals surface area contributed by atoms with Gasteiger partial charge in [0.15, 0.2) is 0 Å². The smallest absolute Gasteiger partial charge is 0.283 e. The number of rotatable bonds is 5. The predicted molar refractivity (Wildman–Crippen MR) is 61.7 cm³/mol. The number of hydrogen-bond donors (Lipinski definition) is 1. The number of hydrogen-bond acceptors (Lipinski definition) is 5. The zero-order chi connectivity index (χ0) is 12.2. The Labute approximate surface area is 96.5 Å². The van der Waals surface area contributed by atoms with Gasteiger partial charge in [-0.25, -0.2) is 0 Å². The van der Waals surface area contributed by atoms with Gasteiger partial charge >= 0.3 is 0 Å². The molecule has 0 aliphatic carbocycles. The van der Waals surface area contributed by atoms with Crippen LogP contribution in [0.1, 0.15) is 6.42 Å². The van der Waals surface area contributed by atoms with E-state index < -0.39 is 5.09 Å². The standard InChI is InChI=1S/C9H12O2.H3NO3Si/c10-7-4-8-11-9-5-2-1-3-6-9;2-1(3)4-5/h1-3,5-6,10H,4,7-8H2;5H3. The summed E-state index contributed by atoms with van der Waals surface area (Å²) in [7, 11) is 0.174. The summed E-state index contributed by atoms with van der Waals surface area (Å²) in [5.74, 6) is 0.862. The molecule has 1 aromatic rings. The molecule has 7 heteroatoms. The molecule has 0 bridgehead atoms. The van der Waals surface area contributed by atoms with Crippen molar-refractivity contribution < 1.29 is 19.5 Å². The average Bonchev–Trinajstić information content (AvgIpc) is 2.31. The lowest BCUT2D eigenvalue weighted by molar-refractivity contribution is -0.714. The van der Waals surface area contributed by atoms with E-state index in [0.717, 1.165) is 5.75 Å². The molecule has 1 N–H and O–H groups in total. The third-order valence-corrected chi connectivity index (χ3v) is 1.76. The fraction of sp³-hybridized carbons (Fsp3) is 0.333. The van der Waals surface area contributed by atoms with Gasteiger partial charge in [-0.05, 0) is 12.1 Å². The van der Waals surface area contributed by atoms with Gasteiger partial charge in [-0.15, -0.1) is 10.1 Å². The van der Waals surface area contributed by atoms with Crippen LogP contribution >= 0.6 is 0 Å². The minimum Gasteiger partial charge on any atom is -0.494 e. The summed E-state index contributed by atoms with van der Waals surface area (Å²) in [6.45, 7) is 0.771. The van der Waals surface area contributed by atoms with Crippen LogP contribution in [0.2, 0.25) is 0 Å². The van der Waals surface area contributed by atoms with Crippen molar-refractivity contribution in [2.45, 2.75) is 6.42 Å². The molecule has 6 nitrogen and oxygen atoms in total. The van der Waals surface area contributed by atoms with E-state index in [1.807, 2.05) is 30.3 Å². The van der Waals surface area contributed by atoms with E-state index >= 15 is 0 Å². The molecule has 1 rings (SSSR count). The first-order chi connectivity index (χ1) is 7.70. The molecule has 0 amide bonds. The Morgan fingerprint density at radius 2 is 1.94 bits per heavy atom. The first-order valence-corrected chi connectivity index (χ1v) is 5.49. The summed E-state index contributed by atoms with van der Waals surface area (Å²) >= 11 is 0. The van der Waals surface area contributed by atoms with Crippen LogP contribution in [0.5, 0.6) is 5.75 Å². The first-order valence-electron chi connectivity index (χ1n) is 4.68. The molecule has 0 unspecified atom stereocenters. The van der Waals surface area contributed by atoms with Gasteiger partial charge in [0, 0.05) is 13.0 Å². The molecule has 1 aromatic carbocycles. The predicted octanol–water partition coefficient (Wildman–Crippen LogP) is -0.0771. The van der Waals surface area contributed by atoms with Crippen LogP contribution < -0.4 is 4.74 Å². The van der Waals surface area contributed by atoms with Crippen molar-refractivity contribution in [3.8, 4) is 5.75 Å². The molecule has 0 heterocycles. The van der Waals surface area contributed by atoms with Crippen molar-refractivity contribution in [1.82, 2.24) is 0 Å². The second-order valence-electron chi connectivity index (χ2n) is 2.64. The topological polar surface area (TPSA) is 81.8 Å². The second-order valence-corrected chi connectivity index (χ2v) is 3.01. The Morgan fingerprint density at radius 3 is 2.38 bits per heavy atom. The lowest BCUT2D eigenvalue weighted by atomic mass is 10.3. The molecule has 0 spiro atoms. The molecule has 0 aliphatic heterocycles. The van der Waals surface area contributed by atoms with E-state index in [4.69, 9.17) is 20.0 Å². The van der Waals surface area contributed by atoms with Gasteiger partial charge in [0.1, 0.15) is 5.75 Å². The summed E-state index contributed by atoms with van der Waals surface area (Å²) in [5.41, 5.74) is 0. The molecule has 0 fully saturated rings. The van der Waals surface area contributed by atoms with Crippen LogP contribution in [0.15, 0.2) is 30.3 Å². The molecule has 0 radical (unpaired) electrons. The van der Waals surface area contributed by atoms with E-state index in [1.54, 1.807) is 0 Å². The number of aliphatic hydroxyl groups is 1. The zero-order valence-electron chi connectivity index (χ0n) is 9.04. The van der Waals surface area contributed by atoms with E-state index in [0.29, 0.717) is 13.0 Å². The maximum Gasteiger partial charge on any atom is 0.283 e. The average molecular weight is 245 g/mol. The van der Waals surface area contributed by atoms with E-state index in [1.165, 1.54) is 0 Å². The molecule has 0 aliphatic rings. The van der Waals surface area contributed by atoms with Gasteiger partial charge in [0.25, 0.3) is 5.09 Å². The monoisotopic (exact) mass is 245 g/mol. The van der Waals surface area contributed by atoms with Crippen molar-refractivity contribution in [1.29, 1.82) is 0 Å². The fourth-order valence-corrected chi connectivity index (χ4v) is 0.771. The van der Waals surface area contributed by atoms with Crippen LogP contribution in [0, 0.1) is 10.1 Å². The Bertz CT molecular complexity index is 282. The van der Waals surface area contributed by atoms with Gasteiger partial charge < -0.3 is 14.4 Å². The molecule has 0 atom stereocenters. The molecule has 90 valence electrons. The lowest BCUT2D eigenvalue weighted by Gasteiger charge is -2.02. The SMILES string of the molecule is O=[N+]([O-])O[SiH3].OCCCOc1ccccc1. The summed E-state index contributed by atoms with van der Waals surface area (Å²) in [6.07, 6.45) is 0.689. The Hall–Kier alpha value is -1.60. The molecule has 16 heavy (non-hydrogen) atoms. The third kappa shape index (κ3) is 8.97. The highest BCUT2D eigenvalue weighted by atomic mass is 28.2. The van der Waals surface area contributed by atoms with Gasteiger partial charge in [0.2, 0.25) is 10.5 Å². The summed E-state index contributed by atoms with van der Waals surface area (Å²) < 4.78 is 8.90. The number of aliphatic hydroxyl groups excluding tert-OH is 1. The summed E-state index contributed by atoms with van der Waals surface area (Å²) in [4.78, 5) is 8.99. The Morgan fingerprint density at radius 1 is 1.38 bits per heavy atom. The van der Waals surface area contributed by atoms with Crippen molar-refractivity contribution >= 4 is 10.5 Å². The van der Waals surface area contributed by atoms with Gasteiger partial charge in [0.05, 0.1) is 6.61 Å². The highest BCUT2D eigenvalue weighted by molar-refractivity contribution is 5.97. The summed E-state index contributed by atoms with van der Waals surface area (Å²) in [6, 6.07) is 9.59. The van der Waals surface area contributed by atoms with Gasteiger partial charge in [-0.2, -0.15) is 0 Å². The Balaban J connectivity index is 0.000000385. The first kappa shape index (κ1) is 14.4. The van der Waals surface area contributed by atoms with Crippen molar-refractivity contribution in [2.24, 2.45) is 0 Å². The third-order valence-electron chi connectivity index (χ3n) is 1.46. The highest BCUT2D eigenvalue weighted by Gasteiger charge is 1.88. The largest absolute Gasteiger partial charge is 0.494 e. The van der Waals surface area contributed by atoms with Crippen LogP contribution in [-0.4, -0.2) is 33.9 Å². The van der Waals surface area contributed by atoms with Crippen molar-refractivity contribution in [3.63, 3.8) is 0 Å². The number of nitrogens with zero attached hydrogens (tertiary/aromatic N) is 1. The number of benzene rings is 1. The highest BCUT2D eigenvalue weighted by Crippen LogP contribution is 2.07.